The summed E-state index contributed by atoms with van der Waals surface area (Å²) in [4.78, 5) is 33.5. The molecular weight excluding hydrogens is 717 g/mol. The number of phosphoric ester groups is 1. The quantitative estimate of drug-likeness (QED) is 0.0237. The second-order valence-electron chi connectivity index (χ2n) is 13.7. The van der Waals surface area contributed by atoms with Crippen LogP contribution in [-0.2, 0) is 32.7 Å². The van der Waals surface area contributed by atoms with Crippen LogP contribution in [0.3, 0.4) is 0 Å². The maximum absolute atomic E-state index is 12.6. The van der Waals surface area contributed by atoms with Crippen molar-refractivity contribution in [1.82, 2.24) is 0 Å². The molecule has 0 aliphatic rings. The van der Waals surface area contributed by atoms with Crippen molar-refractivity contribution in [2.75, 3.05) is 26.4 Å². The first-order valence-corrected chi connectivity index (χ1v) is 22.5. The molecule has 0 fully saturated rings. The van der Waals surface area contributed by atoms with E-state index in [0.29, 0.717) is 19.4 Å². The van der Waals surface area contributed by atoms with E-state index in [1.165, 1.54) is 64.2 Å². The van der Waals surface area contributed by atoms with Gasteiger partial charge in [-0.05, 0) is 70.6 Å². The van der Waals surface area contributed by atoms with E-state index in [-0.39, 0.29) is 13.0 Å². The van der Waals surface area contributed by atoms with Crippen LogP contribution in [0.15, 0.2) is 72.9 Å². The van der Waals surface area contributed by atoms with Crippen LogP contribution in [0.5, 0.6) is 0 Å². The fourth-order valence-corrected chi connectivity index (χ4v) is 6.03. The lowest BCUT2D eigenvalue weighted by molar-refractivity contribution is -0.154. The number of hydrogen-bond donors (Lipinski definition) is 3. The molecular formula is C44H76NO9P. The Bertz CT molecular complexity index is 1150. The Labute approximate surface area is 334 Å². The van der Waals surface area contributed by atoms with Gasteiger partial charge in [-0.2, -0.15) is 0 Å². The van der Waals surface area contributed by atoms with Crippen molar-refractivity contribution >= 4 is 19.8 Å². The summed E-state index contributed by atoms with van der Waals surface area (Å²) in [6.07, 6.45) is 48.3. The van der Waals surface area contributed by atoms with Gasteiger partial charge in [-0.25, -0.2) is 4.57 Å². The highest BCUT2D eigenvalue weighted by Crippen LogP contribution is 2.43. The number of unbranched alkanes of at least 4 members (excludes halogenated alkanes) is 13. The van der Waals surface area contributed by atoms with E-state index >= 15 is 0 Å². The average molecular weight is 794 g/mol. The van der Waals surface area contributed by atoms with Crippen molar-refractivity contribution in [3.63, 3.8) is 0 Å². The molecule has 0 aromatic heterocycles. The Morgan fingerprint density at radius 3 is 1.58 bits per heavy atom. The molecule has 0 aromatic carbocycles. The lowest BCUT2D eigenvalue weighted by Crippen LogP contribution is -2.34. The number of esters is 1. The molecule has 0 aliphatic carbocycles. The van der Waals surface area contributed by atoms with Crippen LogP contribution in [0.2, 0.25) is 0 Å². The van der Waals surface area contributed by atoms with Crippen molar-refractivity contribution < 1.29 is 42.7 Å². The van der Waals surface area contributed by atoms with Gasteiger partial charge in [0, 0.05) is 6.42 Å². The Morgan fingerprint density at radius 2 is 1.05 bits per heavy atom. The number of allylic oxidation sites excluding steroid dienone is 11. The van der Waals surface area contributed by atoms with E-state index in [0.717, 1.165) is 57.8 Å². The molecule has 0 bridgehead atoms. The normalized spacial score (nSPS) is 14.7. The summed E-state index contributed by atoms with van der Waals surface area (Å²) < 4.78 is 33.2. The molecule has 0 aliphatic heterocycles. The van der Waals surface area contributed by atoms with Gasteiger partial charge in [-0.15, -0.1) is 0 Å². The molecule has 0 radical (unpaired) electrons. The van der Waals surface area contributed by atoms with E-state index in [1.807, 2.05) is 12.2 Å². The first-order chi connectivity index (χ1) is 26.7. The summed E-state index contributed by atoms with van der Waals surface area (Å²) >= 11 is 0. The largest absolute Gasteiger partial charge is 0.480 e. The predicted molar refractivity (Wildman–Crippen MR) is 226 cm³/mol. The molecule has 0 rings (SSSR count). The molecule has 316 valence electrons. The summed E-state index contributed by atoms with van der Waals surface area (Å²) in [6, 6.07) is -1.49. The fourth-order valence-electron chi connectivity index (χ4n) is 5.25. The second kappa shape index (κ2) is 39.6. The highest BCUT2D eigenvalue weighted by Gasteiger charge is 2.27. The van der Waals surface area contributed by atoms with Gasteiger partial charge in [-0.1, -0.05) is 151 Å². The lowest BCUT2D eigenvalue weighted by Gasteiger charge is -2.20. The van der Waals surface area contributed by atoms with Crippen LogP contribution in [0.1, 0.15) is 155 Å². The van der Waals surface area contributed by atoms with Crippen LogP contribution in [0.25, 0.3) is 0 Å². The molecule has 3 atom stereocenters. The minimum Gasteiger partial charge on any atom is -0.480 e. The molecule has 0 saturated heterocycles. The molecule has 55 heavy (non-hydrogen) atoms. The molecule has 10 nitrogen and oxygen atoms in total. The summed E-state index contributed by atoms with van der Waals surface area (Å²) in [7, 11) is -4.64. The van der Waals surface area contributed by atoms with Crippen LogP contribution < -0.4 is 5.73 Å². The molecule has 0 heterocycles. The lowest BCUT2D eigenvalue weighted by atomic mass is 10.1. The van der Waals surface area contributed by atoms with Gasteiger partial charge >= 0.3 is 19.8 Å². The minimum absolute atomic E-state index is 0.0423. The zero-order valence-corrected chi connectivity index (χ0v) is 35.1. The number of nitrogens with two attached hydrogens (primary N) is 1. The van der Waals surface area contributed by atoms with Crippen LogP contribution >= 0.6 is 7.82 Å². The molecule has 0 saturated carbocycles. The third-order valence-electron chi connectivity index (χ3n) is 8.49. The number of rotatable bonds is 39. The summed E-state index contributed by atoms with van der Waals surface area (Å²) in [6.45, 7) is 3.52. The number of ether oxygens (including phenoxy) is 2. The first-order valence-electron chi connectivity index (χ1n) is 21.0. The molecule has 0 amide bonds. The number of carboxylic acid groups (broad SMARTS) is 1. The average Bonchev–Trinajstić information content (AvgIpc) is 3.16. The smallest absolute Gasteiger partial charge is 0.472 e. The van der Waals surface area contributed by atoms with Crippen molar-refractivity contribution in [3.05, 3.63) is 72.9 Å². The van der Waals surface area contributed by atoms with Gasteiger partial charge in [0.05, 0.1) is 26.4 Å². The number of carbonyl (C=O) groups is 2. The van der Waals surface area contributed by atoms with Gasteiger partial charge in [0.25, 0.3) is 0 Å². The van der Waals surface area contributed by atoms with Crippen LogP contribution in [-0.4, -0.2) is 60.5 Å². The van der Waals surface area contributed by atoms with Gasteiger partial charge in [0.1, 0.15) is 12.1 Å². The van der Waals surface area contributed by atoms with Gasteiger partial charge in [0.2, 0.25) is 0 Å². The zero-order valence-electron chi connectivity index (χ0n) is 34.2. The number of aliphatic carboxylic acids is 1. The Hall–Kier alpha value is -2.59. The van der Waals surface area contributed by atoms with Crippen LogP contribution in [0, 0.1) is 0 Å². The Kier molecular flexibility index (Phi) is 37.8. The highest BCUT2D eigenvalue weighted by molar-refractivity contribution is 7.47. The number of phosphoric acid groups is 1. The molecule has 11 heteroatoms. The van der Waals surface area contributed by atoms with Crippen molar-refractivity contribution in [3.8, 4) is 0 Å². The third-order valence-corrected chi connectivity index (χ3v) is 9.44. The molecule has 0 aromatic rings. The second-order valence-corrected chi connectivity index (χ2v) is 15.2. The first kappa shape index (κ1) is 52.4. The van der Waals surface area contributed by atoms with Gasteiger partial charge in [-0.3, -0.25) is 18.6 Å². The minimum atomic E-state index is -4.64. The maximum atomic E-state index is 12.6. The van der Waals surface area contributed by atoms with E-state index in [1.54, 1.807) is 0 Å². The van der Waals surface area contributed by atoms with Crippen molar-refractivity contribution in [1.29, 1.82) is 0 Å². The van der Waals surface area contributed by atoms with Gasteiger partial charge in [0.15, 0.2) is 0 Å². The van der Waals surface area contributed by atoms with Crippen molar-refractivity contribution in [2.45, 2.75) is 167 Å². The Balaban J connectivity index is 4.39. The van der Waals surface area contributed by atoms with E-state index in [9.17, 15) is 19.0 Å². The molecule has 4 N–H and O–H groups in total. The number of carboxylic acids is 1. The van der Waals surface area contributed by atoms with Crippen molar-refractivity contribution in [2.24, 2.45) is 5.73 Å². The summed E-state index contributed by atoms with van der Waals surface area (Å²) in [5.41, 5.74) is 5.34. The highest BCUT2D eigenvalue weighted by atomic mass is 31.2. The van der Waals surface area contributed by atoms with E-state index < -0.39 is 45.1 Å². The van der Waals surface area contributed by atoms with E-state index in [2.05, 4.69) is 74.6 Å². The van der Waals surface area contributed by atoms with Crippen LogP contribution in [0.4, 0.5) is 0 Å². The number of hydrogen-bond acceptors (Lipinski definition) is 8. The topological polar surface area (TPSA) is 155 Å². The Morgan fingerprint density at radius 1 is 0.600 bits per heavy atom. The zero-order chi connectivity index (χ0) is 40.5. The standard InChI is InChI=1S/C44H76NO9P/c1-3-5-7-9-11-13-15-17-19-21-22-24-26-28-30-32-34-36-43(46)54-41(39-52-55(49,50)53-40-42(45)44(47)48)38-51-37-35-33-31-29-27-25-23-20-18-16-14-12-10-8-6-4-2/h6,8,12,14,17-20,25,27,31,33,41-42H,3-5,7,9-11,13,15-16,21-24,26,28-30,32,34-40,45H2,1-2H3,(H,47,48)(H,49,50)/b8-6-,14-12-,19-17-,20-18-,27-25-,33-31-. The molecule has 3 unspecified atom stereocenters. The number of carbonyl (C=O) groups excluding carboxylic acids is 1. The monoisotopic (exact) mass is 794 g/mol. The third kappa shape index (κ3) is 39.4. The maximum Gasteiger partial charge on any atom is 0.472 e. The predicted octanol–water partition coefficient (Wildman–Crippen LogP) is 11.4. The summed E-state index contributed by atoms with van der Waals surface area (Å²) in [5.74, 6) is -1.82. The summed E-state index contributed by atoms with van der Waals surface area (Å²) in [5, 5.41) is 8.88. The fraction of sp³-hybridized carbons (Fsp3) is 0.682. The van der Waals surface area contributed by atoms with Gasteiger partial charge < -0.3 is 25.2 Å². The van der Waals surface area contributed by atoms with E-state index in [4.69, 9.17) is 29.4 Å². The SMILES string of the molecule is CC/C=C\C/C=C\C/C=C\C/C=C\C/C=C\CCOCC(COP(=O)(O)OCC(N)C(=O)O)OC(=O)CCCCCCCCC/C=C\CCCCCCCC. The molecule has 0 spiro atoms.